The lowest BCUT2D eigenvalue weighted by atomic mass is 10.3. The first-order chi connectivity index (χ1) is 9.65. The van der Waals surface area contributed by atoms with Gasteiger partial charge in [-0.2, -0.15) is 4.98 Å². The molecule has 1 amide bonds. The van der Waals surface area contributed by atoms with E-state index in [1.54, 1.807) is 18.4 Å². The number of rotatable bonds is 6. The third kappa shape index (κ3) is 3.16. The monoisotopic (exact) mass is 293 g/mol. The van der Waals surface area contributed by atoms with Gasteiger partial charge in [-0.1, -0.05) is 0 Å². The Bertz CT molecular complexity index is 597. The van der Waals surface area contributed by atoms with Crippen molar-refractivity contribution in [2.45, 2.75) is 13.3 Å². The number of carbonyl (C=O) groups is 1. The summed E-state index contributed by atoms with van der Waals surface area (Å²) >= 11 is 1.59. The van der Waals surface area contributed by atoms with Crippen molar-refractivity contribution in [3.63, 3.8) is 0 Å². The van der Waals surface area contributed by atoms with Crippen molar-refractivity contribution in [2.24, 2.45) is 0 Å². The number of fused-ring (bicyclic) bond motifs is 1. The summed E-state index contributed by atoms with van der Waals surface area (Å²) in [6.07, 6.45) is 0.444. The zero-order valence-corrected chi connectivity index (χ0v) is 12.8. The van der Waals surface area contributed by atoms with Crippen LogP contribution >= 0.6 is 11.3 Å². The van der Waals surface area contributed by atoms with Crippen molar-refractivity contribution in [1.82, 2.24) is 15.3 Å². The van der Waals surface area contributed by atoms with Gasteiger partial charge in [-0.05, 0) is 18.4 Å². The fourth-order valence-corrected chi connectivity index (χ4v) is 2.63. The molecule has 108 valence electrons. The van der Waals surface area contributed by atoms with Gasteiger partial charge in [0.25, 0.3) is 0 Å². The Kier molecular flexibility index (Phi) is 4.73. The number of aromatic nitrogens is 2. The van der Waals surface area contributed by atoms with Crippen LogP contribution in [0.1, 0.15) is 13.3 Å². The Morgan fingerprint density at radius 3 is 2.95 bits per heavy atom. The lowest BCUT2D eigenvalue weighted by molar-refractivity contribution is -0.120. The van der Waals surface area contributed by atoms with E-state index in [1.165, 1.54) is 0 Å². The third-order valence-corrected chi connectivity index (χ3v) is 3.76. The van der Waals surface area contributed by atoms with Crippen molar-refractivity contribution in [3.8, 4) is 0 Å². The summed E-state index contributed by atoms with van der Waals surface area (Å²) < 4.78 is 0. The van der Waals surface area contributed by atoms with Gasteiger partial charge in [-0.3, -0.25) is 4.79 Å². The molecule has 0 aliphatic heterocycles. The summed E-state index contributed by atoms with van der Waals surface area (Å²) in [7, 11) is 3.59. The van der Waals surface area contributed by atoms with Crippen LogP contribution in [0.3, 0.4) is 0 Å². The molecule has 0 aromatic carbocycles. The number of thiophene rings is 1. The third-order valence-electron chi connectivity index (χ3n) is 2.95. The Labute approximate surface area is 122 Å². The van der Waals surface area contributed by atoms with Crippen LogP contribution < -0.4 is 15.5 Å². The summed E-state index contributed by atoms with van der Waals surface area (Å²) in [6.45, 7) is 3.41. The topological polar surface area (TPSA) is 70.2 Å². The van der Waals surface area contributed by atoms with Crippen LogP contribution in [0.2, 0.25) is 0 Å². The second-order valence-electron chi connectivity index (χ2n) is 4.39. The van der Waals surface area contributed by atoms with Crippen LogP contribution in [0.15, 0.2) is 11.4 Å². The molecule has 20 heavy (non-hydrogen) atoms. The molecule has 7 heteroatoms. The van der Waals surface area contributed by atoms with Crippen LogP contribution in [0, 0.1) is 0 Å². The lowest BCUT2D eigenvalue weighted by Crippen LogP contribution is -2.27. The summed E-state index contributed by atoms with van der Waals surface area (Å²) in [5.74, 6) is 1.51. The molecular weight excluding hydrogens is 274 g/mol. The maximum Gasteiger partial charge on any atom is 0.226 e. The van der Waals surface area contributed by atoms with Gasteiger partial charge < -0.3 is 15.5 Å². The molecule has 2 aromatic heterocycles. The molecule has 0 unspecified atom stereocenters. The minimum Gasteiger partial charge on any atom is -0.359 e. The predicted octanol–water partition coefficient (Wildman–Crippen LogP) is 1.70. The van der Waals surface area contributed by atoms with E-state index in [0.717, 1.165) is 22.6 Å². The van der Waals surface area contributed by atoms with E-state index in [0.29, 0.717) is 18.9 Å². The molecule has 0 aliphatic rings. The van der Waals surface area contributed by atoms with E-state index in [9.17, 15) is 4.79 Å². The van der Waals surface area contributed by atoms with Gasteiger partial charge in [-0.25, -0.2) is 4.98 Å². The van der Waals surface area contributed by atoms with E-state index < -0.39 is 0 Å². The van der Waals surface area contributed by atoms with Gasteiger partial charge in [0, 0.05) is 33.6 Å². The molecule has 2 aromatic rings. The lowest BCUT2D eigenvalue weighted by Gasteiger charge is -2.19. The van der Waals surface area contributed by atoms with Crippen LogP contribution in [-0.4, -0.2) is 43.1 Å². The van der Waals surface area contributed by atoms with Crippen molar-refractivity contribution in [2.75, 3.05) is 37.4 Å². The van der Waals surface area contributed by atoms with E-state index in [2.05, 4.69) is 20.6 Å². The molecule has 0 fully saturated rings. The maximum absolute atomic E-state index is 11.3. The van der Waals surface area contributed by atoms with E-state index >= 15 is 0 Å². The average Bonchev–Trinajstić information content (AvgIpc) is 2.92. The number of nitrogens with one attached hydrogen (secondary N) is 2. The first-order valence-corrected chi connectivity index (χ1v) is 7.44. The molecule has 0 saturated heterocycles. The van der Waals surface area contributed by atoms with Gasteiger partial charge >= 0.3 is 0 Å². The second kappa shape index (κ2) is 6.51. The van der Waals surface area contributed by atoms with Crippen molar-refractivity contribution in [3.05, 3.63) is 11.4 Å². The van der Waals surface area contributed by atoms with Gasteiger partial charge in [0.05, 0.1) is 5.39 Å². The van der Waals surface area contributed by atoms with Crippen LogP contribution in [0.25, 0.3) is 10.2 Å². The fourth-order valence-electron chi connectivity index (χ4n) is 1.87. The van der Waals surface area contributed by atoms with Gasteiger partial charge in [0.2, 0.25) is 11.9 Å². The minimum atomic E-state index is 0.0272. The standard InChI is InChI=1S/C13H19N5OS/c1-4-15-13-16-11(9-6-8-20-12(9)17-13)18(3)7-5-10(19)14-2/h6,8H,4-5,7H2,1-3H3,(H,14,19)(H,15,16,17). The molecule has 2 rings (SSSR count). The molecule has 6 nitrogen and oxygen atoms in total. The van der Waals surface area contributed by atoms with Crippen molar-refractivity contribution < 1.29 is 4.79 Å². The summed E-state index contributed by atoms with van der Waals surface area (Å²) in [6, 6.07) is 2.02. The molecule has 0 atom stereocenters. The highest BCUT2D eigenvalue weighted by atomic mass is 32.1. The highest BCUT2D eigenvalue weighted by Crippen LogP contribution is 2.28. The number of carbonyl (C=O) groups excluding carboxylic acids is 1. The van der Waals surface area contributed by atoms with Gasteiger partial charge in [-0.15, -0.1) is 11.3 Å². The summed E-state index contributed by atoms with van der Waals surface area (Å²) in [4.78, 5) is 23.3. The fraction of sp³-hybridized carbons (Fsp3) is 0.462. The molecule has 0 saturated carbocycles. The number of amides is 1. The number of hydrogen-bond acceptors (Lipinski definition) is 6. The highest BCUT2D eigenvalue weighted by Gasteiger charge is 2.13. The maximum atomic E-state index is 11.3. The first-order valence-electron chi connectivity index (χ1n) is 6.56. The summed E-state index contributed by atoms with van der Waals surface area (Å²) in [5, 5.41) is 8.80. The number of anilines is 2. The summed E-state index contributed by atoms with van der Waals surface area (Å²) in [5.41, 5.74) is 0. The number of hydrogen-bond donors (Lipinski definition) is 2. The van der Waals surface area contributed by atoms with Crippen molar-refractivity contribution >= 4 is 39.2 Å². The van der Waals surface area contributed by atoms with E-state index in [1.807, 2.05) is 30.3 Å². The smallest absolute Gasteiger partial charge is 0.226 e. The molecule has 0 bridgehead atoms. The molecular formula is C13H19N5OS. The van der Waals surface area contributed by atoms with Crippen LogP contribution in [-0.2, 0) is 4.79 Å². The molecule has 0 spiro atoms. The second-order valence-corrected chi connectivity index (χ2v) is 5.28. The number of nitrogens with zero attached hydrogens (tertiary/aromatic N) is 3. The average molecular weight is 293 g/mol. The largest absolute Gasteiger partial charge is 0.359 e. The van der Waals surface area contributed by atoms with Crippen molar-refractivity contribution in [1.29, 1.82) is 0 Å². The first kappa shape index (κ1) is 14.5. The zero-order valence-electron chi connectivity index (χ0n) is 11.9. The zero-order chi connectivity index (χ0) is 14.5. The minimum absolute atomic E-state index is 0.0272. The van der Waals surface area contributed by atoms with E-state index in [-0.39, 0.29) is 5.91 Å². The Balaban J connectivity index is 2.26. The molecule has 0 radical (unpaired) electrons. The molecule has 2 N–H and O–H groups in total. The molecule has 2 heterocycles. The SMILES string of the molecule is CCNc1nc(N(C)CCC(=O)NC)c2ccsc2n1. The Morgan fingerprint density at radius 1 is 1.45 bits per heavy atom. The van der Waals surface area contributed by atoms with Crippen LogP contribution in [0.5, 0.6) is 0 Å². The highest BCUT2D eigenvalue weighted by molar-refractivity contribution is 7.16. The van der Waals surface area contributed by atoms with E-state index in [4.69, 9.17) is 0 Å². The van der Waals surface area contributed by atoms with Gasteiger partial charge in [0.1, 0.15) is 10.6 Å². The van der Waals surface area contributed by atoms with Gasteiger partial charge in [0.15, 0.2) is 0 Å². The van der Waals surface area contributed by atoms with Crippen LogP contribution in [0.4, 0.5) is 11.8 Å². The predicted molar refractivity (Wildman–Crippen MR) is 83.5 cm³/mol. The quantitative estimate of drug-likeness (QED) is 0.848. The Hall–Kier alpha value is -1.89. The Morgan fingerprint density at radius 2 is 2.25 bits per heavy atom. The molecule has 0 aliphatic carbocycles. The normalized spacial score (nSPS) is 10.6.